The molecule has 2 rings (SSSR count). The quantitative estimate of drug-likeness (QED) is 0.304. The molecule has 0 atom stereocenters. The van der Waals surface area contributed by atoms with Crippen molar-refractivity contribution in [3.8, 4) is 0 Å². The molecule has 2 heterocycles. The van der Waals surface area contributed by atoms with Crippen LogP contribution in [0.25, 0.3) is 0 Å². The fourth-order valence-corrected chi connectivity index (χ4v) is 3.58. The first kappa shape index (κ1) is 25.2. The van der Waals surface area contributed by atoms with Crippen molar-refractivity contribution in [2.24, 2.45) is 4.99 Å². The highest BCUT2D eigenvalue weighted by Gasteiger charge is 2.34. The van der Waals surface area contributed by atoms with Crippen molar-refractivity contribution in [2.75, 3.05) is 40.4 Å². The Labute approximate surface area is 187 Å². The minimum Gasteiger partial charge on any atom is -0.381 e. The third-order valence-corrected chi connectivity index (χ3v) is 5.68. The zero-order valence-electron chi connectivity index (χ0n) is 18.1. The minimum atomic E-state index is 0. The Bertz CT molecular complexity index is 581. The number of likely N-dealkylation sites (N-methyl/N-ethyl adjacent to an activating group) is 1. The van der Waals surface area contributed by atoms with E-state index in [1.807, 2.05) is 6.07 Å². The van der Waals surface area contributed by atoms with Crippen LogP contribution in [0.3, 0.4) is 0 Å². The van der Waals surface area contributed by atoms with Crippen molar-refractivity contribution in [1.82, 2.24) is 20.7 Å². The van der Waals surface area contributed by atoms with Crippen LogP contribution < -0.4 is 10.6 Å². The number of guanidine groups is 1. The Kier molecular flexibility index (Phi) is 11.4. The van der Waals surface area contributed by atoms with E-state index >= 15 is 0 Å². The summed E-state index contributed by atoms with van der Waals surface area (Å²) in [7, 11) is 4.29. The molecule has 1 aromatic rings. The van der Waals surface area contributed by atoms with E-state index in [1.165, 1.54) is 0 Å². The molecule has 0 aliphatic carbocycles. The maximum Gasteiger partial charge on any atom is 0.191 e. The fraction of sp³-hybridized carbons (Fsp3) is 0.800. The molecule has 1 fully saturated rings. The molecule has 0 bridgehead atoms. The summed E-state index contributed by atoms with van der Waals surface area (Å²) < 4.78 is 11.0. The Hall–Kier alpha value is -0.870. The predicted molar refractivity (Wildman–Crippen MR) is 125 cm³/mol. The van der Waals surface area contributed by atoms with E-state index in [9.17, 15) is 0 Å². The lowest BCUT2D eigenvalue weighted by atomic mass is 9.88. The van der Waals surface area contributed by atoms with Crippen LogP contribution in [0.15, 0.2) is 15.6 Å². The molecule has 28 heavy (non-hydrogen) atoms. The van der Waals surface area contributed by atoms with Gasteiger partial charge < -0.3 is 24.8 Å². The second kappa shape index (κ2) is 12.6. The zero-order valence-corrected chi connectivity index (χ0v) is 20.4. The van der Waals surface area contributed by atoms with Gasteiger partial charge in [-0.25, -0.2) is 4.99 Å². The number of ether oxygens (including phenoxy) is 1. The molecular formula is C20H38IN5O2. The summed E-state index contributed by atoms with van der Waals surface area (Å²) in [4.78, 5) is 7.00. The maximum atomic E-state index is 5.55. The number of aliphatic imine (C=N–C) groups is 1. The Balaban J connectivity index is 0.00000392. The monoisotopic (exact) mass is 507 g/mol. The molecule has 2 N–H and O–H groups in total. The second-order valence-electron chi connectivity index (χ2n) is 7.51. The lowest BCUT2D eigenvalue weighted by Gasteiger charge is -2.43. The van der Waals surface area contributed by atoms with Gasteiger partial charge in [0, 0.05) is 43.8 Å². The van der Waals surface area contributed by atoms with Crippen molar-refractivity contribution in [3.63, 3.8) is 0 Å². The van der Waals surface area contributed by atoms with Gasteiger partial charge in [0.25, 0.3) is 0 Å². The summed E-state index contributed by atoms with van der Waals surface area (Å²) in [5, 5.41) is 11.1. The SMILES string of the molecule is CCNC(=NCc1cc(C(CC)CC)no1)NCC1(N(C)C)CCOCC1.I. The molecule has 0 amide bonds. The van der Waals surface area contributed by atoms with Crippen molar-refractivity contribution in [2.45, 2.75) is 64.5 Å². The van der Waals surface area contributed by atoms with Crippen LogP contribution in [0.1, 0.15) is 63.8 Å². The van der Waals surface area contributed by atoms with Crippen LogP contribution in [0.5, 0.6) is 0 Å². The van der Waals surface area contributed by atoms with Gasteiger partial charge in [-0.2, -0.15) is 0 Å². The van der Waals surface area contributed by atoms with Crippen molar-refractivity contribution < 1.29 is 9.26 Å². The molecule has 7 nitrogen and oxygen atoms in total. The second-order valence-corrected chi connectivity index (χ2v) is 7.51. The Morgan fingerprint density at radius 1 is 1.21 bits per heavy atom. The summed E-state index contributed by atoms with van der Waals surface area (Å²) in [6.07, 6.45) is 4.19. The van der Waals surface area contributed by atoms with Crippen molar-refractivity contribution >= 4 is 29.9 Å². The van der Waals surface area contributed by atoms with Crippen LogP contribution in [0.2, 0.25) is 0 Å². The normalized spacial score (nSPS) is 16.9. The molecule has 0 saturated carbocycles. The molecule has 1 aliphatic rings. The molecule has 1 aliphatic heterocycles. The summed E-state index contributed by atoms with van der Waals surface area (Å²) in [6.45, 7) is 10.2. The molecular weight excluding hydrogens is 469 g/mol. The summed E-state index contributed by atoms with van der Waals surface area (Å²) in [6, 6.07) is 2.05. The van der Waals surface area contributed by atoms with Gasteiger partial charge in [0.05, 0.1) is 5.69 Å². The first-order chi connectivity index (χ1) is 13.0. The molecule has 1 aromatic heterocycles. The van der Waals surface area contributed by atoms with Crippen molar-refractivity contribution in [1.29, 1.82) is 0 Å². The van der Waals surface area contributed by atoms with Gasteiger partial charge in [0.15, 0.2) is 11.7 Å². The van der Waals surface area contributed by atoms with Gasteiger partial charge in [-0.3, -0.25) is 0 Å². The van der Waals surface area contributed by atoms with Gasteiger partial charge >= 0.3 is 0 Å². The number of rotatable bonds is 9. The number of aromatic nitrogens is 1. The molecule has 0 unspecified atom stereocenters. The average molecular weight is 507 g/mol. The van der Waals surface area contributed by atoms with E-state index in [-0.39, 0.29) is 29.5 Å². The highest BCUT2D eigenvalue weighted by Crippen LogP contribution is 2.25. The van der Waals surface area contributed by atoms with Crippen LogP contribution in [-0.2, 0) is 11.3 Å². The highest BCUT2D eigenvalue weighted by atomic mass is 127. The summed E-state index contributed by atoms with van der Waals surface area (Å²) in [5.41, 5.74) is 1.14. The van der Waals surface area contributed by atoms with E-state index in [2.05, 4.69) is 55.6 Å². The van der Waals surface area contributed by atoms with Gasteiger partial charge in [0.2, 0.25) is 0 Å². The fourth-order valence-electron chi connectivity index (χ4n) is 3.58. The highest BCUT2D eigenvalue weighted by molar-refractivity contribution is 14.0. The van der Waals surface area contributed by atoms with Crippen molar-refractivity contribution in [3.05, 3.63) is 17.5 Å². The minimum absolute atomic E-state index is 0. The molecule has 0 aromatic carbocycles. The number of halogens is 1. The predicted octanol–water partition coefficient (Wildman–Crippen LogP) is 3.36. The van der Waals surface area contributed by atoms with E-state index in [1.54, 1.807) is 0 Å². The van der Waals surface area contributed by atoms with Crippen LogP contribution in [0, 0.1) is 0 Å². The topological polar surface area (TPSA) is 74.9 Å². The third kappa shape index (κ3) is 6.88. The first-order valence-corrected chi connectivity index (χ1v) is 10.3. The summed E-state index contributed by atoms with van der Waals surface area (Å²) >= 11 is 0. The number of nitrogens with one attached hydrogen (secondary N) is 2. The van der Waals surface area contributed by atoms with E-state index in [0.717, 1.165) is 69.4 Å². The molecule has 8 heteroatoms. The third-order valence-electron chi connectivity index (χ3n) is 5.68. The molecule has 162 valence electrons. The van der Waals surface area contributed by atoms with Gasteiger partial charge in [-0.15, -0.1) is 24.0 Å². The van der Waals surface area contributed by atoms with Gasteiger partial charge in [-0.1, -0.05) is 19.0 Å². The lowest BCUT2D eigenvalue weighted by molar-refractivity contribution is -0.00501. The summed E-state index contributed by atoms with van der Waals surface area (Å²) in [5.74, 6) is 2.08. The number of hydrogen-bond donors (Lipinski definition) is 2. The molecule has 0 radical (unpaired) electrons. The van der Waals surface area contributed by atoms with Gasteiger partial charge in [-0.05, 0) is 46.7 Å². The van der Waals surface area contributed by atoms with Crippen LogP contribution >= 0.6 is 24.0 Å². The lowest BCUT2D eigenvalue weighted by Crippen LogP contribution is -2.57. The standard InChI is InChI=1S/C20H37N5O2.HI/c1-6-16(7-2)18-13-17(27-24-18)14-22-19(21-8-3)23-15-20(25(4)5)9-11-26-12-10-20;/h13,16H,6-12,14-15H2,1-5H3,(H2,21,22,23);1H. The number of hydrogen-bond acceptors (Lipinski definition) is 5. The van der Waals surface area contributed by atoms with E-state index in [4.69, 9.17) is 14.3 Å². The molecule has 1 saturated heterocycles. The van der Waals surface area contributed by atoms with E-state index in [0.29, 0.717) is 12.5 Å². The van der Waals surface area contributed by atoms with Gasteiger partial charge in [0.1, 0.15) is 6.54 Å². The molecule has 0 spiro atoms. The largest absolute Gasteiger partial charge is 0.381 e. The Morgan fingerprint density at radius 3 is 2.46 bits per heavy atom. The Morgan fingerprint density at radius 2 is 1.89 bits per heavy atom. The first-order valence-electron chi connectivity index (χ1n) is 10.3. The zero-order chi connectivity index (χ0) is 19.7. The number of nitrogens with zero attached hydrogens (tertiary/aromatic N) is 3. The van der Waals surface area contributed by atoms with Crippen LogP contribution in [0.4, 0.5) is 0 Å². The average Bonchev–Trinajstić information content (AvgIpc) is 3.14. The van der Waals surface area contributed by atoms with E-state index < -0.39 is 0 Å². The maximum absolute atomic E-state index is 5.55. The van der Waals surface area contributed by atoms with Crippen LogP contribution in [-0.4, -0.2) is 62.0 Å². The smallest absolute Gasteiger partial charge is 0.191 e.